The second-order valence-corrected chi connectivity index (χ2v) is 4.30. The number of rotatable bonds is 3. The van der Waals surface area contributed by atoms with Crippen LogP contribution in [0.2, 0.25) is 5.28 Å². The fourth-order valence-corrected chi connectivity index (χ4v) is 1.90. The van der Waals surface area contributed by atoms with Crippen molar-refractivity contribution in [3.8, 4) is 0 Å². The molecule has 0 aromatic carbocycles. The van der Waals surface area contributed by atoms with Crippen molar-refractivity contribution in [1.82, 2.24) is 15.0 Å². The van der Waals surface area contributed by atoms with Gasteiger partial charge in [-0.05, 0) is 11.6 Å². The normalized spacial score (nSPS) is 11.6. The van der Waals surface area contributed by atoms with Crippen LogP contribution in [0.4, 0.5) is 19.0 Å². The van der Waals surface area contributed by atoms with E-state index in [9.17, 15) is 13.2 Å². The summed E-state index contributed by atoms with van der Waals surface area (Å²) in [5.74, 6) is 0.00956. The Morgan fingerprint density at radius 1 is 1.33 bits per heavy atom. The van der Waals surface area contributed by atoms with Gasteiger partial charge in [-0.15, -0.1) is 11.3 Å². The molecule has 0 aliphatic heterocycles. The largest absolute Gasteiger partial charge is 0.433 e. The molecule has 4 nitrogen and oxygen atoms in total. The Labute approximate surface area is 109 Å². The molecular formula is C9H6ClF3N4S. The number of hydrogen-bond donors (Lipinski definition) is 1. The van der Waals surface area contributed by atoms with Crippen molar-refractivity contribution >= 4 is 28.8 Å². The van der Waals surface area contributed by atoms with E-state index in [1.54, 1.807) is 10.9 Å². The van der Waals surface area contributed by atoms with E-state index in [1.165, 1.54) is 11.3 Å². The lowest BCUT2D eigenvalue weighted by Crippen LogP contribution is -2.11. The van der Waals surface area contributed by atoms with Crippen LogP contribution in [-0.2, 0) is 12.7 Å². The van der Waals surface area contributed by atoms with Crippen molar-refractivity contribution in [2.24, 2.45) is 0 Å². The summed E-state index contributed by atoms with van der Waals surface area (Å²) in [4.78, 5) is 10.8. The first-order valence-electron chi connectivity index (χ1n) is 4.68. The molecule has 0 fully saturated rings. The van der Waals surface area contributed by atoms with Gasteiger partial charge in [-0.1, -0.05) is 0 Å². The standard InChI is InChI=1S/C9H6ClF3N4S/c10-8-16-6(9(11,12)13)1-7(17-8)14-2-5-3-18-4-15-5/h1,3-4H,2H2,(H,14,16,17). The molecule has 0 spiro atoms. The Kier molecular flexibility index (Phi) is 3.67. The fraction of sp³-hybridized carbons (Fsp3) is 0.222. The summed E-state index contributed by atoms with van der Waals surface area (Å²) < 4.78 is 37.4. The second kappa shape index (κ2) is 5.07. The average molecular weight is 295 g/mol. The van der Waals surface area contributed by atoms with Gasteiger partial charge in [0.25, 0.3) is 0 Å². The number of thiazole rings is 1. The molecule has 0 saturated heterocycles. The summed E-state index contributed by atoms with van der Waals surface area (Å²) >= 11 is 6.84. The first-order valence-corrected chi connectivity index (χ1v) is 6.00. The van der Waals surface area contributed by atoms with E-state index in [2.05, 4.69) is 20.3 Å². The topological polar surface area (TPSA) is 50.7 Å². The van der Waals surface area contributed by atoms with E-state index < -0.39 is 17.2 Å². The van der Waals surface area contributed by atoms with Crippen molar-refractivity contribution in [2.45, 2.75) is 12.7 Å². The van der Waals surface area contributed by atoms with Crippen molar-refractivity contribution in [2.75, 3.05) is 5.32 Å². The maximum Gasteiger partial charge on any atom is 0.433 e. The van der Waals surface area contributed by atoms with Crippen LogP contribution in [0.5, 0.6) is 0 Å². The molecule has 0 radical (unpaired) electrons. The summed E-state index contributed by atoms with van der Waals surface area (Å²) in [6, 6.07) is 0.804. The molecule has 0 atom stereocenters. The Bertz CT molecular complexity index is 529. The Morgan fingerprint density at radius 2 is 2.11 bits per heavy atom. The fourth-order valence-electron chi connectivity index (χ4n) is 1.16. The summed E-state index contributed by atoms with van der Waals surface area (Å²) in [5.41, 5.74) is 1.26. The maximum absolute atomic E-state index is 12.5. The quantitative estimate of drug-likeness (QED) is 0.883. The number of halogens is 4. The zero-order chi connectivity index (χ0) is 13.2. The van der Waals surface area contributed by atoms with E-state index in [0.717, 1.165) is 6.07 Å². The minimum Gasteiger partial charge on any atom is -0.364 e. The molecule has 2 rings (SSSR count). The number of nitrogens with zero attached hydrogens (tertiary/aromatic N) is 3. The third-order valence-electron chi connectivity index (χ3n) is 1.92. The van der Waals surface area contributed by atoms with Gasteiger partial charge in [-0.3, -0.25) is 0 Å². The number of alkyl halides is 3. The second-order valence-electron chi connectivity index (χ2n) is 3.24. The van der Waals surface area contributed by atoms with E-state index in [4.69, 9.17) is 11.6 Å². The van der Waals surface area contributed by atoms with Gasteiger partial charge in [0.15, 0.2) is 5.69 Å². The third-order valence-corrected chi connectivity index (χ3v) is 2.73. The van der Waals surface area contributed by atoms with Gasteiger partial charge in [0.1, 0.15) is 5.82 Å². The summed E-state index contributed by atoms with van der Waals surface area (Å²) in [7, 11) is 0. The van der Waals surface area contributed by atoms with Gasteiger partial charge in [-0.2, -0.15) is 13.2 Å². The van der Waals surface area contributed by atoms with E-state index in [-0.39, 0.29) is 12.4 Å². The Hall–Kier alpha value is -1.41. The van der Waals surface area contributed by atoms with Crippen molar-refractivity contribution in [3.05, 3.63) is 33.6 Å². The zero-order valence-corrected chi connectivity index (χ0v) is 10.3. The van der Waals surface area contributed by atoms with E-state index in [1.807, 2.05) is 0 Å². The minimum absolute atomic E-state index is 0.00956. The predicted octanol–water partition coefficient (Wildman–Crippen LogP) is 3.22. The number of anilines is 1. The first-order chi connectivity index (χ1) is 8.45. The Balaban J connectivity index is 2.15. The summed E-state index contributed by atoms with van der Waals surface area (Å²) in [6.45, 7) is 0.272. The lowest BCUT2D eigenvalue weighted by atomic mass is 10.3. The van der Waals surface area contributed by atoms with Crippen LogP contribution in [0, 0.1) is 0 Å². The highest BCUT2D eigenvalue weighted by atomic mass is 35.5. The predicted molar refractivity (Wildman–Crippen MR) is 61.5 cm³/mol. The van der Waals surface area contributed by atoms with Gasteiger partial charge in [0.05, 0.1) is 17.7 Å². The lowest BCUT2D eigenvalue weighted by molar-refractivity contribution is -0.141. The highest BCUT2D eigenvalue weighted by Gasteiger charge is 2.33. The lowest BCUT2D eigenvalue weighted by Gasteiger charge is -2.09. The minimum atomic E-state index is -4.55. The van der Waals surface area contributed by atoms with E-state index >= 15 is 0 Å². The first kappa shape index (κ1) is 13.0. The molecule has 18 heavy (non-hydrogen) atoms. The van der Waals surface area contributed by atoms with Gasteiger partial charge in [0, 0.05) is 11.4 Å². The SMILES string of the molecule is FC(F)(F)c1cc(NCc2cscn2)nc(Cl)n1. The molecular weight excluding hydrogens is 289 g/mol. The third kappa shape index (κ3) is 3.30. The van der Waals surface area contributed by atoms with E-state index in [0.29, 0.717) is 5.69 Å². The number of nitrogens with one attached hydrogen (secondary N) is 1. The maximum atomic E-state index is 12.5. The van der Waals surface area contributed by atoms with Crippen LogP contribution in [0.3, 0.4) is 0 Å². The molecule has 96 valence electrons. The van der Waals surface area contributed by atoms with Crippen LogP contribution < -0.4 is 5.32 Å². The van der Waals surface area contributed by atoms with Gasteiger partial charge in [-0.25, -0.2) is 15.0 Å². The van der Waals surface area contributed by atoms with Crippen LogP contribution in [0.25, 0.3) is 0 Å². The summed E-state index contributed by atoms with van der Waals surface area (Å²) in [5, 5.41) is 4.03. The van der Waals surface area contributed by atoms with Gasteiger partial charge >= 0.3 is 6.18 Å². The molecule has 9 heteroatoms. The van der Waals surface area contributed by atoms with Crippen molar-refractivity contribution in [1.29, 1.82) is 0 Å². The van der Waals surface area contributed by atoms with Crippen LogP contribution in [-0.4, -0.2) is 15.0 Å². The summed E-state index contributed by atoms with van der Waals surface area (Å²) in [6.07, 6.45) is -4.55. The molecule has 0 aliphatic rings. The molecule has 2 aromatic heterocycles. The monoisotopic (exact) mass is 294 g/mol. The van der Waals surface area contributed by atoms with Gasteiger partial charge < -0.3 is 5.32 Å². The molecule has 0 saturated carbocycles. The molecule has 2 heterocycles. The van der Waals surface area contributed by atoms with Crippen LogP contribution in [0.1, 0.15) is 11.4 Å². The smallest absolute Gasteiger partial charge is 0.364 e. The molecule has 0 amide bonds. The Morgan fingerprint density at radius 3 is 2.72 bits per heavy atom. The molecule has 0 bridgehead atoms. The average Bonchev–Trinajstić information content (AvgIpc) is 2.77. The molecule has 0 unspecified atom stereocenters. The molecule has 2 aromatic rings. The highest BCUT2D eigenvalue weighted by Crippen LogP contribution is 2.29. The molecule has 0 aliphatic carbocycles. The van der Waals surface area contributed by atoms with Crippen molar-refractivity contribution in [3.63, 3.8) is 0 Å². The number of aromatic nitrogens is 3. The zero-order valence-electron chi connectivity index (χ0n) is 8.70. The van der Waals surface area contributed by atoms with Gasteiger partial charge in [0.2, 0.25) is 5.28 Å². The van der Waals surface area contributed by atoms with Crippen LogP contribution >= 0.6 is 22.9 Å². The van der Waals surface area contributed by atoms with Crippen LogP contribution in [0.15, 0.2) is 17.0 Å². The highest BCUT2D eigenvalue weighted by molar-refractivity contribution is 7.07. The van der Waals surface area contributed by atoms with Crippen molar-refractivity contribution < 1.29 is 13.2 Å². The number of hydrogen-bond acceptors (Lipinski definition) is 5. The molecule has 1 N–H and O–H groups in total.